The minimum atomic E-state index is -0.962. The second-order valence-corrected chi connectivity index (χ2v) is 4.86. The zero-order valence-corrected chi connectivity index (χ0v) is 12.0. The third-order valence-electron chi connectivity index (χ3n) is 3.18. The number of nitriles is 1. The number of fused-ring (bicyclic) bond motifs is 1. The van der Waals surface area contributed by atoms with Crippen molar-refractivity contribution < 1.29 is 14.3 Å². The van der Waals surface area contributed by atoms with Gasteiger partial charge < -0.3 is 14.3 Å². The quantitative estimate of drug-likeness (QED) is 0.747. The number of oxazole rings is 1. The Kier molecular flexibility index (Phi) is 3.77. The molecule has 0 bridgehead atoms. The largest absolute Gasteiger partial charge is 0.465 e. The number of aliphatic hydroxyl groups is 1. The molecular weight excluding hydrogens is 280 g/mol. The number of aromatic nitrogens is 1. The molecule has 1 atom stereocenters. The number of benzene rings is 2. The summed E-state index contributed by atoms with van der Waals surface area (Å²) in [4.78, 5) is 4.43. The highest BCUT2D eigenvalue weighted by atomic mass is 16.6. The van der Waals surface area contributed by atoms with E-state index >= 15 is 0 Å². The SMILES string of the molecule is CC(O)Oc1cc(-c2nc3ccccc3o2)ccc1CC#N. The maximum absolute atomic E-state index is 9.43. The van der Waals surface area contributed by atoms with Gasteiger partial charge in [-0.05, 0) is 31.2 Å². The van der Waals surface area contributed by atoms with Gasteiger partial charge in [-0.3, -0.25) is 0 Å². The molecule has 1 N–H and O–H groups in total. The Morgan fingerprint density at radius 2 is 2.14 bits per heavy atom. The van der Waals surface area contributed by atoms with Crippen molar-refractivity contribution in [3.8, 4) is 23.3 Å². The van der Waals surface area contributed by atoms with Crippen LogP contribution < -0.4 is 4.74 Å². The lowest BCUT2D eigenvalue weighted by atomic mass is 10.1. The summed E-state index contributed by atoms with van der Waals surface area (Å²) in [6, 6.07) is 14.9. The molecule has 0 saturated carbocycles. The van der Waals surface area contributed by atoms with Crippen LogP contribution in [0, 0.1) is 11.3 Å². The summed E-state index contributed by atoms with van der Waals surface area (Å²) < 4.78 is 11.1. The fourth-order valence-electron chi connectivity index (χ4n) is 2.21. The fourth-order valence-corrected chi connectivity index (χ4v) is 2.21. The lowest BCUT2D eigenvalue weighted by Crippen LogP contribution is -2.11. The van der Waals surface area contributed by atoms with E-state index in [-0.39, 0.29) is 6.42 Å². The van der Waals surface area contributed by atoms with Gasteiger partial charge in [0.05, 0.1) is 12.5 Å². The van der Waals surface area contributed by atoms with Crippen LogP contribution in [0.3, 0.4) is 0 Å². The van der Waals surface area contributed by atoms with Gasteiger partial charge in [0.25, 0.3) is 0 Å². The van der Waals surface area contributed by atoms with Gasteiger partial charge in [0.2, 0.25) is 5.89 Å². The lowest BCUT2D eigenvalue weighted by Gasteiger charge is -2.12. The van der Waals surface area contributed by atoms with Crippen molar-refractivity contribution in [2.45, 2.75) is 19.6 Å². The van der Waals surface area contributed by atoms with Crippen molar-refractivity contribution in [3.05, 3.63) is 48.0 Å². The Hall–Kier alpha value is -2.84. The highest BCUT2D eigenvalue weighted by Gasteiger charge is 2.12. The topological polar surface area (TPSA) is 79.3 Å². The normalized spacial score (nSPS) is 12.0. The Labute approximate surface area is 127 Å². The summed E-state index contributed by atoms with van der Waals surface area (Å²) >= 11 is 0. The van der Waals surface area contributed by atoms with E-state index in [9.17, 15) is 5.11 Å². The second kappa shape index (κ2) is 5.88. The summed E-state index contributed by atoms with van der Waals surface area (Å²) in [5.41, 5.74) is 2.92. The standard InChI is InChI=1S/C17H14N2O3/c1-11(20)21-16-10-13(7-6-12(16)8-9-18)17-19-14-4-2-3-5-15(14)22-17/h2-7,10-11,20H,8H2,1H3. The van der Waals surface area contributed by atoms with E-state index in [0.29, 0.717) is 22.8 Å². The molecule has 0 aliphatic heterocycles. The number of hydrogen-bond donors (Lipinski definition) is 1. The van der Waals surface area contributed by atoms with Gasteiger partial charge in [0.15, 0.2) is 11.9 Å². The molecule has 0 saturated heterocycles. The van der Waals surface area contributed by atoms with E-state index in [0.717, 1.165) is 11.1 Å². The number of nitrogens with zero attached hydrogens (tertiary/aromatic N) is 2. The molecule has 1 unspecified atom stereocenters. The van der Waals surface area contributed by atoms with Gasteiger partial charge in [-0.15, -0.1) is 0 Å². The van der Waals surface area contributed by atoms with Crippen LogP contribution in [0.15, 0.2) is 46.9 Å². The smallest absolute Gasteiger partial charge is 0.227 e. The number of para-hydroxylation sites is 2. The lowest BCUT2D eigenvalue weighted by molar-refractivity contribution is -0.000869. The van der Waals surface area contributed by atoms with Gasteiger partial charge in [-0.1, -0.05) is 18.2 Å². The van der Waals surface area contributed by atoms with Crippen LogP contribution in [-0.4, -0.2) is 16.4 Å². The van der Waals surface area contributed by atoms with Crippen LogP contribution in [0.5, 0.6) is 5.75 Å². The Balaban J connectivity index is 2.05. The highest BCUT2D eigenvalue weighted by Crippen LogP contribution is 2.30. The highest BCUT2D eigenvalue weighted by molar-refractivity contribution is 5.76. The van der Waals surface area contributed by atoms with Crippen LogP contribution in [0.1, 0.15) is 12.5 Å². The summed E-state index contributed by atoms with van der Waals surface area (Å²) in [6.07, 6.45) is -0.757. The predicted molar refractivity (Wildman–Crippen MR) is 81.1 cm³/mol. The van der Waals surface area contributed by atoms with Gasteiger partial charge in [0.1, 0.15) is 11.3 Å². The fraction of sp³-hybridized carbons (Fsp3) is 0.176. The van der Waals surface area contributed by atoms with Gasteiger partial charge >= 0.3 is 0 Å². The second-order valence-electron chi connectivity index (χ2n) is 4.86. The summed E-state index contributed by atoms with van der Waals surface area (Å²) in [5, 5.41) is 18.3. The Morgan fingerprint density at radius 3 is 2.86 bits per heavy atom. The van der Waals surface area contributed by atoms with Crippen LogP contribution in [0.2, 0.25) is 0 Å². The molecule has 2 aromatic carbocycles. The third-order valence-corrected chi connectivity index (χ3v) is 3.18. The van der Waals surface area contributed by atoms with Crippen molar-refractivity contribution in [1.82, 2.24) is 4.98 Å². The predicted octanol–water partition coefficient (Wildman–Crippen LogP) is 3.28. The Morgan fingerprint density at radius 1 is 1.32 bits per heavy atom. The molecule has 1 aromatic heterocycles. The van der Waals surface area contributed by atoms with Gasteiger partial charge in [0, 0.05) is 11.1 Å². The molecule has 5 heteroatoms. The molecule has 1 heterocycles. The van der Waals surface area contributed by atoms with E-state index in [4.69, 9.17) is 14.4 Å². The van der Waals surface area contributed by atoms with Crippen molar-refractivity contribution in [2.75, 3.05) is 0 Å². The zero-order chi connectivity index (χ0) is 15.5. The van der Waals surface area contributed by atoms with E-state index in [1.165, 1.54) is 6.92 Å². The zero-order valence-electron chi connectivity index (χ0n) is 12.0. The van der Waals surface area contributed by atoms with Crippen LogP contribution >= 0.6 is 0 Å². The van der Waals surface area contributed by atoms with Crippen molar-refractivity contribution in [1.29, 1.82) is 5.26 Å². The summed E-state index contributed by atoms with van der Waals surface area (Å²) in [5.74, 6) is 0.927. The molecular formula is C17H14N2O3. The number of aliphatic hydroxyl groups excluding tert-OH is 1. The molecule has 0 aliphatic rings. The molecule has 0 amide bonds. The van der Waals surface area contributed by atoms with Gasteiger partial charge in [-0.2, -0.15) is 5.26 Å². The Bertz CT molecular complexity index is 813. The monoisotopic (exact) mass is 294 g/mol. The van der Waals surface area contributed by atoms with E-state index < -0.39 is 6.29 Å². The minimum Gasteiger partial charge on any atom is -0.465 e. The van der Waals surface area contributed by atoms with Crippen molar-refractivity contribution >= 4 is 11.1 Å². The molecule has 22 heavy (non-hydrogen) atoms. The van der Waals surface area contributed by atoms with E-state index in [1.807, 2.05) is 30.3 Å². The molecule has 3 aromatic rings. The van der Waals surface area contributed by atoms with E-state index in [2.05, 4.69) is 11.1 Å². The third kappa shape index (κ3) is 2.78. The minimum absolute atomic E-state index is 0.204. The first-order valence-corrected chi connectivity index (χ1v) is 6.88. The van der Waals surface area contributed by atoms with Crippen LogP contribution in [0.25, 0.3) is 22.6 Å². The van der Waals surface area contributed by atoms with Crippen molar-refractivity contribution in [3.63, 3.8) is 0 Å². The maximum atomic E-state index is 9.43. The molecule has 3 rings (SSSR count). The van der Waals surface area contributed by atoms with Gasteiger partial charge in [-0.25, -0.2) is 4.98 Å². The van der Waals surface area contributed by atoms with Crippen LogP contribution in [-0.2, 0) is 6.42 Å². The first-order chi connectivity index (χ1) is 10.7. The summed E-state index contributed by atoms with van der Waals surface area (Å²) in [7, 11) is 0. The summed E-state index contributed by atoms with van der Waals surface area (Å²) in [6.45, 7) is 1.52. The number of ether oxygens (including phenoxy) is 1. The average molecular weight is 294 g/mol. The molecule has 0 aliphatic carbocycles. The molecule has 110 valence electrons. The number of rotatable bonds is 4. The van der Waals surface area contributed by atoms with E-state index in [1.54, 1.807) is 12.1 Å². The van der Waals surface area contributed by atoms with Crippen LogP contribution in [0.4, 0.5) is 0 Å². The molecule has 0 radical (unpaired) electrons. The molecule has 0 fully saturated rings. The maximum Gasteiger partial charge on any atom is 0.227 e. The molecule has 0 spiro atoms. The number of hydrogen-bond acceptors (Lipinski definition) is 5. The van der Waals surface area contributed by atoms with Crippen molar-refractivity contribution in [2.24, 2.45) is 0 Å². The average Bonchev–Trinajstić information content (AvgIpc) is 2.92. The first kappa shape index (κ1) is 14.1. The first-order valence-electron chi connectivity index (χ1n) is 6.88. The molecule has 5 nitrogen and oxygen atoms in total.